The van der Waals surface area contributed by atoms with Crippen molar-refractivity contribution in [3.63, 3.8) is 0 Å². The van der Waals surface area contributed by atoms with Crippen LogP contribution in [0.15, 0.2) is 67.0 Å². The molecule has 1 amide bonds. The third-order valence-electron chi connectivity index (χ3n) is 6.50. The first-order valence-corrected chi connectivity index (χ1v) is 12.8. The van der Waals surface area contributed by atoms with Crippen LogP contribution in [0.2, 0.25) is 0 Å². The fraction of sp³-hybridized carbons (Fsp3) is 0.414. The van der Waals surface area contributed by atoms with E-state index in [4.69, 9.17) is 9.47 Å². The number of aryl methyl sites for hydroxylation is 1. The molecule has 0 radical (unpaired) electrons. The fourth-order valence-corrected chi connectivity index (χ4v) is 4.60. The molecular formula is C29H36N4O4. The molecule has 8 nitrogen and oxygen atoms in total. The van der Waals surface area contributed by atoms with Gasteiger partial charge < -0.3 is 25.2 Å². The predicted octanol–water partition coefficient (Wildman–Crippen LogP) is 3.40. The zero-order valence-corrected chi connectivity index (χ0v) is 21.7. The molecule has 0 unspecified atom stereocenters. The number of nitrogens with one attached hydrogen (secondary N) is 2. The number of hydrogen-bond donors (Lipinski definition) is 3. The SMILES string of the molecule is CCc1ccc2c(c1)[C@@H](NC[C@@H](O)[C@H](Cc1ccccc1)NC(=O)COc1ncccn1)CC(C)(C)O2. The summed E-state index contributed by atoms with van der Waals surface area (Å²) in [5.74, 6) is 0.521. The number of rotatable bonds is 11. The second kappa shape index (κ2) is 12.2. The van der Waals surface area contributed by atoms with Crippen LogP contribution in [0.25, 0.3) is 0 Å². The molecule has 1 aliphatic heterocycles. The zero-order valence-electron chi connectivity index (χ0n) is 21.7. The van der Waals surface area contributed by atoms with Gasteiger partial charge in [0.1, 0.15) is 11.4 Å². The van der Waals surface area contributed by atoms with Crippen LogP contribution < -0.4 is 20.1 Å². The van der Waals surface area contributed by atoms with Crippen molar-refractivity contribution >= 4 is 5.91 Å². The lowest BCUT2D eigenvalue weighted by Crippen LogP contribution is -2.51. The highest BCUT2D eigenvalue weighted by molar-refractivity contribution is 5.77. The second-order valence-corrected chi connectivity index (χ2v) is 10.0. The summed E-state index contributed by atoms with van der Waals surface area (Å²) in [6, 6.07) is 17.4. The first kappa shape index (κ1) is 26.6. The molecule has 8 heteroatoms. The molecule has 3 aromatic rings. The maximum absolute atomic E-state index is 12.7. The lowest BCUT2D eigenvalue weighted by molar-refractivity contribution is -0.124. The Hall–Kier alpha value is -3.49. The zero-order chi connectivity index (χ0) is 26.3. The number of fused-ring (bicyclic) bond motifs is 1. The van der Waals surface area contributed by atoms with Crippen LogP contribution in [-0.2, 0) is 17.6 Å². The molecule has 1 aromatic heterocycles. The van der Waals surface area contributed by atoms with Crippen LogP contribution in [-0.4, -0.2) is 51.9 Å². The van der Waals surface area contributed by atoms with E-state index in [0.29, 0.717) is 13.0 Å². The molecule has 3 N–H and O–H groups in total. The highest BCUT2D eigenvalue weighted by Gasteiger charge is 2.34. The number of aliphatic hydroxyl groups is 1. The highest BCUT2D eigenvalue weighted by atomic mass is 16.5. The van der Waals surface area contributed by atoms with E-state index in [9.17, 15) is 9.90 Å². The summed E-state index contributed by atoms with van der Waals surface area (Å²) >= 11 is 0. The van der Waals surface area contributed by atoms with Crippen molar-refractivity contribution in [3.05, 3.63) is 83.7 Å². The van der Waals surface area contributed by atoms with E-state index in [1.807, 2.05) is 36.4 Å². The number of aromatic nitrogens is 2. The lowest BCUT2D eigenvalue weighted by Gasteiger charge is -2.39. The van der Waals surface area contributed by atoms with E-state index in [-0.39, 0.29) is 30.2 Å². The third kappa shape index (κ3) is 7.50. The Morgan fingerprint density at radius 1 is 1.14 bits per heavy atom. The molecule has 0 saturated heterocycles. The van der Waals surface area contributed by atoms with Crippen LogP contribution in [0.5, 0.6) is 11.8 Å². The number of nitrogens with zero attached hydrogens (tertiary/aromatic N) is 2. The van der Waals surface area contributed by atoms with Gasteiger partial charge in [0.25, 0.3) is 5.91 Å². The highest BCUT2D eigenvalue weighted by Crippen LogP contribution is 2.40. The predicted molar refractivity (Wildman–Crippen MR) is 141 cm³/mol. The summed E-state index contributed by atoms with van der Waals surface area (Å²) in [5, 5.41) is 17.7. The summed E-state index contributed by atoms with van der Waals surface area (Å²) in [5.41, 5.74) is 3.03. The fourth-order valence-electron chi connectivity index (χ4n) is 4.60. The summed E-state index contributed by atoms with van der Waals surface area (Å²) in [6.07, 6.45) is 4.45. The van der Waals surface area contributed by atoms with Crippen molar-refractivity contribution in [3.8, 4) is 11.8 Å². The quantitative estimate of drug-likeness (QED) is 0.368. The number of hydrogen-bond acceptors (Lipinski definition) is 7. The molecule has 2 heterocycles. The maximum Gasteiger partial charge on any atom is 0.316 e. The molecule has 0 bridgehead atoms. The molecule has 37 heavy (non-hydrogen) atoms. The van der Waals surface area contributed by atoms with Crippen molar-refractivity contribution in [2.24, 2.45) is 0 Å². The van der Waals surface area contributed by atoms with Gasteiger partial charge in [0, 0.05) is 37.0 Å². The van der Waals surface area contributed by atoms with Crippen LogP contribution in [0, 0.1) is 0 Å². The Bertz CT molecular complexity index is 1160. The topological polar surface area (TPSA) is 106 Å². The molecule has 196 valence electrons. The molecule has 2 aromatic carbocycles. The Morgan fingerprint density at radius 2 is 1.89 bits per heavy atom. The third-order valence-corrected chi connectivity index (χ3v) is 6.50. The van der Waals surface area contributed by atoms with Crippen LogP contribution >= 0.6 is 0 Å². The van der Waals surface area contributed by atoms with Gasteiger partial charge in [-0.1, -0.05) is 49.4 Å². The molecule has 0 fully saturated rings. The summed E-state index contributed by atoms with van der Waals surface area (Å²) in [6.45, 7) is 6.34. The second-order valence-electron chi connectivity index (χ2n) is 10.0. The summed E-state index contributed by atoms with van der Waals surface area (Å²) < 4.78 is 11.6. The van der Waals surface area contributed by atoms with E-state index in [0.717, 1.165) is 29.7 Å². The number of aliphatic hydroxyl groups excluding tert-OH is 1. The monoisotopic (exact) mass is 504 g/mol. The van der Waals surface area contributed by atoms with Gasteiger partial charge in [-0.25, -0.2) is 9.97 Å². The van der Waals surface area contributed by atoms with E-state index in [1.165, 1.54) is 5.56 Å². The Morgan fingerprint density at radius 3 is 2.62 bits per heavy atom. The van der Waals surface area contributed by atoms with Gasteiger partial charge in [0.2, 0.25) is 0 Å². The van der Waals surface area contributed by atoms with Gasteiger partial charge in [-0.05, 0) is 49.9 Å². The smallest absolute Gasteiger partial charge is 0.316 e. The van der Waals surface area contributed by atoms with Crippen molar-refractivity contribution in [1.82, 2.24) is 20.6 Å². The standard InChI is InChI=1S/C29H36N4O4/c1-4-20-11-12-26-22(15-20)24(17-29(2,3)37-26)32-18-25(34)23(16-21-9-6-5-7-10-21)33-27(35)19-36-28-30-13-8-14-31-28/h5-15,23-25,32,34H,4,16-19H2,1-3H3,(H,33,35)/t23-,24-,25+/m0/s1. The molecule has 0 spiro atoms. The first-order chi connectivity index (χ1) is 17.8. The van der Waals surface area contributed by atoms with E-state index in [2.05, 4.69) is 53.5 Å². The van der Waals surface area contributed by atoms with Crippen molar-refractivity contribution < 1.29 is 19.4 Å². The molecule has 3 atom stereocenters. The van der Waals surface area contributed by atoms with E-state index >= 15 is 0 Å². The average molecular weight is 505 g/mol. The number of carbonyl (C=O) groups is 1. The van der Waals surface area contributed by atoms with Crippen LogP contribution in [0.4, 0.5) is 0 Å². The van der Waals surface area contributed by atoms with Crippen molar-refractivity contribution in [2.45, 2.75) is 63.8 Å². The van der Waals surface area contributed by atoms with Crippen LogP contribution in [0.3, 0.4) is 0 Å². The van der Waals surface area contributed by atoms with Gasteiger partial charge in [-0.3, -0.25) is 4.79 Å². The van der Waals surface area contributed by atoms with Crippen molar-refractivity contribution in [2.75, 3.05) is 13.2 Å². The number of amides is 1. The van der Waals surface area contributed by atoms with Gasteiger partial charge in [-0.15, -0.1) is 0 Å². The summed E-state index contributed by atoms with van der Waals surface area (Å²) in [7, 11) is 0. The Labute approximate surface area is 218 Å². The minimum absolute atomic E-state index is 0.0199. The van der Waals surface area contributed by atoms with Crippen molar-refractivity contribution in [1.29, 1.82) is 0 Å². The van der Waals surface area contributed by atoms with Gasteiger partial charge in [0.05, 0.1) is 12.1 Å². The van der Waals surface area contributed by atoms with Gasteiger partial charge >= 0.3 is 6.01 Å². The Kier molecular flexibility index (Phi) is 8.74. The molecule has 4 rings (SSSR count). The number of benzene rings is 2. The normalized spacial score (nSPS) is 17.7. The average Bonchev–Trinajstić information content (AvgIpc) is 2.90. The van der Waals surface area contributed by atoms with E-state index in [1.54, 1.807) is 18.5 Å². The van der Waals surface area contributed by atoms with Gasteiger partial charge in [0.15, 0.2) is 6.61 Å². The number of ether oxygens (including phenoxy) is 2. The van der Waals surface area contributed by atoms with E-state index < -0.39 is 12.1 Å². The van der Waals surface area contributed by atoms with Gasteiger partial charge in [-0.2, -0.15) is 0 Å². The largest absolute Gasteiger partial charge is 0.487 e. The minimum Gasteiger partial charge on any atom is -0.487 e. The molecule has 0 aliphatic carbocycles. The first-order valence-electron chi connectivity index (χ1n) is 12.8. The summed E-state index contributed by atoms with van der Waals surface area (Å²) in [4.78, 5) is 20.7. The number of carbonyl (C=O) groups excluding carboxylic acids is 1. The molecule has 0 saturated carbocycles. The molecular weight excluding hydrogens is 468 g/mol. The van der Waals surface area contributed by atoms with Crippen LogP contribution in [0.1, 0.15) is 49.9 Å². The maximum atomic E-state index is 12.7. The minimum atomic E-state index is -0.833. The lowest BCUT2D eigenvalue weighted by atomic mass is 9.88. The molecule has 1 aliphatic rings. The Balaban J connectivity index is 1.44.